The molecule has 19 heavy (non-hydrogen) atoms. The summed E-state index contributed by atoms with van der Waals surface area (Å²) < 4.78 is 0. The van der Waals surface area contributed by atoms with E-state index in [9.17, 15) is 9.59 Å². The highest BCUT2D eigenvalue weighted by Crippen LogP contribution is 2.07. The summed E-state index contributed by atoms with van der Waals surface area (Å²) in [6.45, 7) is 6.78. The van der Waals surface area contributed by atoms with Crippen LogP contribution in [0, 0.1) is 0 Å². The molecule has 0 spiro atoms. The lowest BCUT2D eigenvalue weighted by Gasteiger charge is -2.10. The van der Waals surface area contributed by atoms with Crippen molar-refractivity contribution in [3.8, 4) is 0 Å². The first-order valence-electron chi connectivity index (χ1n) is 6.18. The molecule has 0 fully saturated rings. The van der Waals surface area contributed by atoms with Gasteiger partial charge < -0.3 is 15.1 Å². The highest BCUT2D eigenvalue weighted by Gasteiger charge is 2.13. The number of benzene rings is 1. The van der Waals surface area contributed by atoms with E-state index in [2.05, 4.69) is 25.8 Å². The van der Waals surface area contributed by atoms with Crippen LogP contribution in [0.3, 0.4) is 0 Å². The Kier molecular flexibility index (Phi) is 8.20. The first-order valence-corrected chi connectivity index (χ1v) is 6.18. The van der Waals surface area contributed by atoms with Gasteiger partial charge in [-0.3, -0.25) is 0 Å². The second kappa shape index (κ2) is 9.10. The lowest BCUT2D eigenvalue weighted by Crippen LogP contribution is -2.17. The molecular formula is C14H21NO4. The molecule has 0 radical (unpaired) electrons. The van der Waals surface area contributed by atoms with Crippen molar-refractivity contribution in [1.82, 2.24) is 4.90 Å². The van der Waals surface area contributed by atoms with Crippen molar-refractivity contribution in [2.75, 3.05) is 20.1 Å². The summed E-state index contributed by atoms with van der Waals surface area (Å²) in [7, 11) is 2.14. The Morgan fingerprint density at radius 3 is 1.68 bits per heavy atom. The minimum atomic E-state index is -1.23. The Morgan fingerprint density at radius 1 is 1.05 bits per heavy atom. The van der Waals surface area contributed by atoms with Gasteiger partial charge in [0.05, 0.1) is 11.1 Å². The van der Waals surface area contributed by atoms with Crippen molar-refractivity contribution in [2.24, 2.45) is 0 Å². The smallest absolute Gasteiger partial charge is 0.336 e. The zero-order valence-corrected chi connectivity index (χ0v) is 11.6. The van der Waals surface area contributed by atoms with Gasteiger partial charge in [-0.05, 0) is 38.7 Å². The van der Waals surface area contributed by atoms with Gasteiger partial charge in [0, 0.05) is 0 Å². The van der Waals surface area contributed by atoms with E-state index in [-0.39, 0.29) is 11.1 Å². The van der Waals surface area contributed by atoms with Gasteiger partial charge in [-0.1, -0.05) is 26.0 Å². The van der Waals surface area contributed by atoms with E-state index >= 15 is 0 Å². The van der Waals surface area contributed by atoms with Gasteiger partial charge >= 0.3 is 11.9 Å². The molecule has 0 unspecified atom stereocenters. The molecule has 1 aromatic carbocycles. The van der Waals surface area contributed by atoms with E-state index in [1.54, 1.807) is 0 Å². The van der Waals surface area contributed by atoms with Crippen molar-refractivity contribution in [3.05, 3.63) is 35.4 Å². The fraction of sp³-hybridized carbons (Fsp3) is 0.429. The minimum absolute atomic E-state index is 0.190. The number of rotatable bonds is 5. The third-order valence-corrected chi connectivity index (χ3v) is 2.53. The van der Waals surface area contributed by atoms with Crippen molar-refractivity contribution in [3.63, 3.8) is 0 Å². The molecule has 0 heterocycles. The van der Waals surface area contributed by atoms with Gasteiger partial charge in [-0.2, -0.15) is 0 Å². The van der Waals surface area contributed by atoms with E-state index in [4.69, 9.17) is 10.2 Å². The maximum absolute atomic E-state index is 10.5. The molecule has 1 aromatic rings. The number of hydrogen-bond donors (Lipinski definition) is 2. The maximum atomic E-state index is 10.5. The number of aromatic carboxylic acids is 2. The van der Waals surface area contributed by atoms with Crippen LogP contribution in [-0.4, -0.2) is 47.2 Å². The van der Waals surface area contributed by atoms with E-state index in [0.29, 0.717) is 0 Å². The minimum Gasteiger partial charge on any atom is -0.478 e. The summed E-state index contributed by atoms with van der Waals surface area (Å²) in [5.41, 5.74) is -0.380. The zero-order chi connectivity index (χ0) is 14.8. The fourth-order valence-corrected chi connectivity index (χ4v) is 1.40. The molecule has 106 valence electrons. The van der Waals surface area contributed by atoms with Crippen LogP contribution >= 0.6 is 0 Å². The van der Waals surface area contributed by atoms with Gasteiger partial charge in [-0.25, -0.2) is 9.59 Å². The van der Waals surface area contributed by atoms with Gasteiger partial charge in [0.1, 0.15) is 0 Å². The van der Waals surface area contributed by atoms with E-state index in [0.717, 1.165) is 0 Å². The average Bonchev–Trinajstić information content (AvgIpc) is 2.39. The summed E-state index contributed by atoms with van der Waals surface area (Å²) in [6.07, 6.45) is 1.27. The Hall–Kier alpha value is -1.88. The second-order valence-corrected chi connectivity index (χ2v) is 4.05. The number of carbonyl (C=O) groups is 2. The number of nitrogens with zero attached hydrogens (tertiary/aromatic N) is 1. The van der Waals surface area contributed by atoms with Gasteiger partial charge in [0.2, 0.25) is 0 Å². The summed E-state index contributed by atoms with van der Waals surface area (Å²) in [5.74, 6) is -2.46. The van der Waals surface area contributed by atoms with Crippen molar-refractivity contribution in [1.29, 1.82) is 0 Å². The largest absolute Gasteiger partial charge is 0.478 e. The third kappa shape index (κ3) is 6.57. The number of carboxylic acids is 2. The first kappa shape index (κ1) is 17.1. The summed E-state index contributed by atoms with van der Waals surface area (Å²) >= 11 is 0. The molecule has 1 rings (SSSR count). The molecule has 5 heteroatoms. The first-order chi connectivity index (χ1) is 8.93. The zero-order valence-electron chi connectivity index (χ0n) is 11.6. The summed E-state index contributed by atoms with van der Waals surface area (Å²) in [6, 6.07) is 5.48. The van der Waals surface area contributed by atoms with Crippen LogP contribution in [0.5, 0.6) is 0 Å². The molecule has 0 saturated heterocycles. The summed E-state index contributed by atoms with van der Waals surface area (Å²) in [4.78, 5) is 23.2. The fourth-order valence-electron chi connectivity index (χ4n) is 1.40. The molecule has 0 atom stereocenters. The molecule has 5 nitrogen and oxygen atoms in total. The molecule has 0 bridgehead atoms. The molecule has 2 N–H and O–H groups in total. The van der Waals surface area contributed by atoms with Crippen molar-refractivity contribution >= 4 is 11.9 Å². The van der Waals surface area contributed by atoms with Crippen LogP contribution in [0.15, 0.2) is 24.3 Å². The lowest BCUT2D eigenvalue weighted by molar-refractivity contribution is 0.0651. The molecule has 0 amide bonds. The molecule has 0 aliphatic carbocycles. The Balaban J connectivity index is 0.000000399. The second-order valence-electron chi connectivity index (χ2n) is 4.05. The highest BCUT2D eigenvalue weighted by atomic mass is 16.4. The Morgan fingerprint density at radius 2 is 1.47 bits per heavy atom. The third-order valence-electron chi connectivity index (χ3n) is 2.53. The standard InChI is InChI=1S/C8H6O4.C6H15N/c9-7(10)5-3-1-2-4-6(5)8(11)12;1-4-6-7(3)5-2/h1-4H,(H,9,10)(H,11,12);4-6H2,1-3H3. The van der Waals surface area contributed by atoms with E-state index in [1.165, 1.54) is 43.8 Å². The molecule has 0 aliphatic heterocycles. The Bertz CT molecular complexity index is 385. The van der Waals surface area contributed by atoms with Gasteiger partial charge in [-0.15, -0.1) is 0 Å². The van der Waals surface area contributed by atoms with Crippen molar-refractivity contribution < 1.29 is 19.8 Å². The van der Waals surface area contributed by atoms with Gasteiger partial charge in [0.25, 0.3) is 0 Å². The quantitative estimate of drug-likeness (QED) is 0.856. The van der Waals surface area contributed by atoms with Crippen LogP contribution in [0.1, 0.15) is 41.0 Å². The highest BCUT2D eigenvalue weighted by molar-refractivity contribution is 6.01. The van der Waals surface area contributed by atoms with Crippen LogP contribution in [0.4, 0.5) is 0 Å². The van der Waals surface area contributed by atoms with Gasteiger partial charge in [0.15, 0.2) is 0 Å². The van der Waals surface area contributed by atoms with Crippen molar-refractivity contribution in [2.45, 2.75) is 20.3 Å². The van der Waals surface area contributed by atoms with Crippen LogP contribution in [0.25, 0.3) is 0 Å². The van der Waals surface area contributed by atoms with Crippen LogP contribution < -0.4 is 0 Å². The van der Waals surface area contributed by atoms with E-state index < -0.39 is 11.9 Å². The normalized spacial score (nSPS) is 9.68. The molecular weight excluding hydrogens is 246 g/mol. The maximum Gasteiger partial charge on any atom is 0.336 e. The number of hydrogen-bond acceptors (Lipinski definition) is 3. The molecule has 0 aliphatic rings. The number of carboxylic acid groups (broad SMARTS) is 2. The Labute approximate surface area is 113 Å². The molecule has 0 saturated carbocycles. The SMILES string of the molecule is CCCN(C)CC.O=C(O)c1ccccc1C(=O)O. The van der Waals surface area contributed by atoms with E-state index in [1.807, 2.05) is 0 Å². The predicted molar refractivity (Wildman–Crippen MR) is 73.8 cm³/mol. The molecule has 0 aromatic heterocycles. The average molecular weight is 267 g/mol. The van der Waals surface area contributed by atoms with Crippen LogP contribution in [0.2, 0.25) is 0 Å². The predicted octanol–water partition coefficient (Wildman–Crippen LogP) is 2.43. The van der Waals surface area contributed by atoms with Crippen LogP contribution in [-0.2, 0) is 0 Å². The topological polar surface area (TPSA) is 77.8 Å². The monoisotopic (exact) mass is 267 g/mol. The lowest BCUT2D eigenvalue weighted by atomic mass is 10.1. The summed E-state index contributed by atoms with van der Waals surface area (Å²) in [5, 5.41) is 17.1.